The topological polar surface area (TPSA) is 0 Å². The van der Waals surface area contributed by atoms with E-state index in [2.05, 4.69) is 74.0 Å². The van der Waals surface area contributed by atoms with Crippen LogP contribution in [0.2, 0.25) is 0 Å². The molecule has 1 saturated heterocycles. The molecule has 17 heavy (non-hydrogen) atoms. The van der Waals surface area contributed by atoms with Gasteiger partial charge in [-0.05, 0) is 5.75 Å². The molecule has 8 heteroatoms. The fourth-order valence-corrected chi connectivity index (χ4v) is 9.84. The summed E-state index contributed by atoms with van der Waals surface area (Å²) < 4.78 is 0.236. The highest BCUT2D eigenvalue weighted by molar-refractivity contribution is 8.49. The Balaban J connectivity index is 2.48. The highest BCUT2D eigenvalue weighted by atomic mass is 32.3. The molecule has 0 spiro atoms. The van der Waals surface area contributed by atoms with Crippen molar-refractivity contribution in [2.45, 2.75) is 13.2 Å². The van der Waals surface area contributed by atoms with Crippen molar-refractivity contribution >= 4 is 97.6 Å². The second-order valence-corrected chi connectivity index (χ2v) is 12.2. The van der Waals surface area contributed by atoms with Crippen molar-refractivity contribution in [2.24, 2.45) is 0 Å². The van der Waals surface area contributed by atoms with Crippen LogP contribution in [-0.2, 0) is 0 Å². The lowest BCUT2D eigenvalue weighted by Crippen LogP contribution is -2.14. The number of hydrogen-bond acceptors (Lipinski definition) is 8. The van der Waals surface area contributed by atoms with Crippen LogP contribution in [0.15, 0.2) is 0 Å². The van der Waals surface area contributed by atoms with Crippen molar-refractivity contribution < 1.29 is 0 Å². The Morgan fingerprint density at radius 1 is 1.29 bits per heavy atom. The summed E-state index contributed by atoms with van der Waals surface area (Å²) >= 11 is 25.7. The molecule has 0 aromatic carbocycles. The van der Waals surface area contributed by atoms with Gasteiger partial charge < -0.3 is 0 Å². The minimum atomic E-state index is 0.236. The number of rotatable bonds is 8. The van der Waals surface area contributed by atoms with E-state index in [1.165, 1.54) is 5.75 Å². The third kappa shape index (κ3) is 6.40. The van der Waals surface area contributed by atoms with Gasteiger partial charge in [0, 0.05) is 39.3 Å². The highest BCUT2D eigenvalue weighted by Gasteiger charge is 2.41. The predicted molar refractivity (Wildman–Crippen MR) is 106 cm³/mol. The summed E-state index contributed by atoms with van der Waals surface area (Å²) in [4.78, 5) is 0. The van der Waals surface area contributed by atoms with Gasteiger partial charge in [0.25, 0.3) is 0 Å². The summed E-state index contributed by atoms with van der Waals surface area (Å²) in [5.74, 6) is 6.13. The van der Waals surface area contributed by atoms with Crippen LogP contribution < -0.4 is 0 Å². The minimum absolute atomic E-state index is 0.236. The van der Waals surface area contributed by atoms with Crippen LogP contribution in [0.5, 0.6) is 0 Å². The van der Waals surface area contributed by atoms with Crippen molar-refractivity contribution in [3.05, 3.63) is 0 Å². The Labute approximate surface area is 144 Å². The molecule has 1 aliphatic heterocycles. The Hall–Kier alpha value is 2.80. The van der Waals surface area contributed by atoms with E-state index in [9.17, 15) is 0 Å². The first-order chi connectivity index (χ1) is 8.15. The van der Waals surface area contributed by atoms with Crippen LogP contribution in [0.25, 0.3) is 0 Å². The van der Waals surface area contributed by atoms with E-state index in [1.54, 1.807) is 0 Å². The lowest BCUT2D eigenvalue weighted by atomic mass is 10.6. The van der Waals surface area contributed by atoms with Crippen molar-refractivity contribution in [1.29, 1.82) is 0 Å². The van der Waals surface area contributed by atoms with Gasteiger partial charge in [-0.15, -0.1) is 47.0 Å². The molecule has 1 fully saturated rings. The fourth-order valence-electron chi connectivity index (χ4n) is 1.17. The molecule has 0 aliphatic carbocycles. The van der Waals surface area contributed by atoms with Gasteiger partial charge in [-0.1, -0.05) is 0 Å². The molecule has 3 atom stereocenters. The van der Waals surface area contributed by atoms with E-state index >= 15 is 0 Å². The first-order valence-corrected chi connectivity index (χ1v) is 11.5. The van der Waals surface area contributed by atoms with Crippen molar-refractivity contribution in [3.8, 4) is 0 Å². The lowest BCUT2D eigenvalue weighted by Gasteiger charge is -2.27. The molecule has 0 radical (unpaired) electrons. The van der Waals surface area contributed by atoms with Gasteiger partial charge in [0.1, 0.15) is 0 Å². The first-order valence-electron chi connectivity index (χ1n) is 5.26. The molecular weight excluding hydrogens is 365 g/mol. The molecule has 102 valence electrons. The van der Waals surface area contributed by atoms with Gasteiger partial charge >= 0.3 is 0 Å². The van der Waals surface area contributed by atoms with Crippen LogP contribution in [0.3, 0.4) is 0 Å². The summed E-state index contributed by atoms with van der Waals surface area (Å²) in [5, 5.41) is 1.06. The molecule has 0 saturated carbocycles. The molecule has 1 heterocycles. The van der Waals surface area contributed by atoms with Crippen molar-refractivity contribution in [3.63, 3.8) is 0 Å². The van der Waals surface area contributed by atoms with Gasteiger partial charge in [-0.25, -0.2) is 0 Å². The average Bonchev–Trinajstić information content (AvgIpc) is 2.78. The smallest absolute Gasteiger partial charge is 0.154 e. The van der Waals surface area contributed by atoms with E-state index in [1.807, 2.05) is 23.5 Å². The summed E-state index contributed by atoms with van der Waals surface area (Å²) in [6.45, 7) is 0. The Kier molecular flexibility index (Phi) is 10.2. The van der Waals surface area contributed by atoms with Gasteiger partial charge in [-0.3, -0.25) is 0 Å². The fraction of sp³-hybridized carbons (Fsp3) is 1.00. The second kappa shape index (κ2) is 9.68. The molecule has 0 N–H and O–H groups in total. The van der Waals surface area contributed by atoms with E-state index in [4.69, 9.17) is 0 Å². The average molecular weight is 383 g/mol. The summed E-state index contributed by atoms with van der Waals surface area (Å²) in [5.41, 5.74) is 0. The van der Waals surface area contributed by atoms with Crippen LogP contribution in [0.1, 0.15) is 0 Å². The van der Waals surface area contributed by atoms with Crippen LogP contribution in [-0.4, -0.2) is 47.8 Å². The van der Waals surface area contributed by atoms with Crippen LogP contribution in [0.4, 0.5) is 0 Å². The Morgan fingerprint density at radius 2 is 2.06 bits per heavy atom. The molecular formula is C9H18S8. The van der Waals surface area contributed by atoms with Gasteiger partial charge in [0.15, 0.2) is 2.74 Å². The summed E-state index contributed by atoms with van der Waals surface area (Å²) in [7, 11) is 0. The van der Waals surface area contributed by atoms with Gasteiger partial charge in [0.2, 0.25) is 0 Å². The highest BCUT2D eigenvalue weighted by Crippen LogP contribution is 2.62. The first kappa shape index (κ1) is 17.9. The second-order valence-electron chi connectivity index (χ2n) is 3.45. The maximum Gasteiger partial charge on any atom is 0.154 e. The van der Waals surface area contributed by atoms with Gasteiger partial charge in [0.05, 0.1) is 0 Å². The number of thioether (sulfide) groups is 4. The molecule has 1 rings (SSSR count). The summed E-state index contributed by atoms with van der Waals surface area (Å²) in [6, 6.07) is 0. The Morgan fingerprint density at radius 3 is 2.59 bits per heavy atom. The van der Waals surface area contributed by atoms with E-state index < -0.39 is 0 Å². The zero-order valence-electron chi connectivity index (χ0n) is 9.32. The molecule has 0 aromatic rings. The number of thiol groups is 4. The SMILES string of the molecule is SCCSC1(SCC(S)CS)SCC(CS)S1. The van der Waals surface area contributed by atoms with Gasteiger partial charge in [-0.2, -0.15) is 50.5 Å². The molecule has 3 unspecified atom stereocenters. The zero-order chi connectivity index (χ0) is 12.7. The molecule has 1 aliphatic rings. The molecule has 0 bridgehead atoms. The predicted octanol–water partition coefficient (Wildman–Crippen LogP) is 4.00. The van der Waals surface area contributed by atoms with Crippen LogP contribution in [0, 0.1) is 0 Å². The maximum absolute atomic E-state index is 4.52. The summed E-state index contributed by atoms with van der Waals surface area (Å²) in [6.07, 6.45) is 0. The minimum Gasteiger partial charge on any atom is -0.179 e. The van der Waals surface area contributed by atoms with Crippen LogP contribution >= 0.6 is 97.6 Å². The molecule has 0 aromatic heterocycles. The molecule has 0 amide bonds. The van der Waals surface area contributed by atoms with E-state index in [-0.39, 0.29) is 2.74 Å². The normalized spacial score (nSPS) is 30.7. The Bertz CT molecular complexity index is 213. The van der Waals surface area contributed by atoms with E-state index in [0.29, 0.717) is 10.5 Å². The van der Waals surface area contributed by atoms with Crippen molar-refractivity contribution in [1.82, 2.24) is 0 Å². The van der Waals surface area contributed by atoms with E-state index in [0.717, 1.165) is 28.8 Å². The molecule has 0 nitrogen and oxygen atoms in total. The largest absolute Gasteiger partial charge is 0.179 e. The van der Waals surface area contributed by atoms with Crippen molar-refractivity contribution in [2.75, 3.05) is 34.5 Å². The quantitative estimate of drug-likeness (QED) is 0.370. The maximum atomic E-state index is 4.52. The lowest BCUT2D eigenvalue weighted by molar-refractivity contribution is 1.16. The third-order valence-corrected chi connectivity index (χ3v) is 12.4. The standard InChI is InChI=1S/C9H18S8/c10-1-2-14-9(15-5-7(13)3-11)16-6-8(4-12)17-9/h7-8,10-13H,1-6H2. The third-order valence-electron chi connectivity index (χ3n) is 1.99. The monoisotopic (exact) mass is 382 g/mol. The zero-order valence-corrected chi connectivity index (χ0v) is 16.2. The number of hydrogen-bond donors (Lipinski definition) is 4.